The van der Waals surface area contributed by atoms with Crippen molar-refractivity contribution in [1.29, 1.82) is 0 Å². The summed E-state index contributed by atoms with van der Waals surface area (Å²) in [5.74, 6) is -1.46. The molecule has 0 aliphatic carbocycles. The van der Waals surface area contributed by atoms with Gasteiger partial charge in [-0.15, -0.1) is 0 Å². The van der Waals surface area contributed by atoms with Crippen LogP contribution in [-0.2, 0) is 27.1 Å². The van der Waals surface area contributed by atoms with Crippen LogP contribution in [0.5, 0.6) is 17.2 Å². The van der Waals surface area contributed by atoms with Gasteiger partial charge >= 0.3 is 18.0 Å². The molecule has 13 heteroatoms. The number of nitrogens with one attached hydrogen (secondary N) is 3. The third-order valence-electron chi connectivity index (χ3n) is 5.22. The molecule has 0 unspecified atom stereocenters. The monoisotopic (exact) mass is 558 g/mol. The predicted molar refractivity (Wildman–Crippen MR) is 139 cm³/mol. The Morgan fingerprint density at radius 2 is 1.65 bits per heavy atom. The van der Waals surface area contributed by atoms with Gasteiger partial charge in [0.1, 0.15) is 5.75 Å². The van der Waals surface area contributed by atoms with Crippen molar-refractivity contribution in [2.75, 3.05) is 26.1 Å². The van der Waals surface area contributed by atoms with Crippen molar-refractivity contribution in [2.24, 2.45) is 5.10 Å². The van der Waals surface area contributed by atoms with Crippen LogP contribution in [0, 0.1) is 0 Å². The van der Waals surface area contributed by atoms with Gasteiger partial charge in [-0.1, -0.05) is 18.2 Å². The van der Waals surface area contributed by atoms with Crippen molar-refractivity contribution in [2.45, 2.75) is 12.7 Å². The van der Waals surface area contributed by atoms with Crippen LogP contribution in [-0.4, -0.2) is 44.8 Å². The molecule has 0 heterocycles. The Kier molecular flexibility index (Phi) is 10.1. The van der Waals surface area contributed by atoms with E-state index in [2.05, 4.69) is 21.2 Å². The maximum absolute atomic E-state index is 12.9. The zero-order valence-electron chi connectivity index (χ0n) is 21.4. The van der Waals surface area contributed by atoms with Gasteiger partial charge in [-0.3, -0.25) is 14.4 Å². The third kappa shape index (κ3) is 8.75. The van der Waals surface area contributed by atoms with Crippen LogP contribution in [0.2, 0.25) is 0 Å². The lowest BCUT2D eigenvalue weighted by Gasteiger charge is -2.12. The maximum atomic E-state index is 12.9. The minimum Gasteiger partial charge on any atom is -0.497 e. The van der Waals surface area contributed by atoms with Crippen LogP contribution in [0.3, 0.4) is 0 Å². The smallest absolute Gasteiger partial charge is 0.416 e. The van der Waals surface area contributed by atoms with Gasteiger partial charge in [-0.05, 0) is 59.7 Å². The van der Waals surface area contributed by atoms with Crippen molar-refractivity contribution in [1.82, 2.24) is 10.7 Å². The molecule has 0 aliphatic heterocycles. The first-order valence-corrected chi connectivity index (χ1v) is 11.6. The number of rotatable bonds is 10. The van der Waals surface area contributed by atoms with Gasteiger partial charge in [-0.2, -0.15) is 18.3 Å². The van der Waals surface area contributed by atoms with Crippen LogP contribution in [0.25, 0.3) is 0 Å². The lowest BCUT2D eigenvalue weighted by atomic mass is 10.2. The number of hydrogen-bond donors (Lipinski definition) is 3. The average molecular weight is 559 g/mol. The molecule has 0 saturated heterocycles. The van der Waals surface area contributed by atoms with Gasteiger partial charge in [0.2, 0.25) is 0 Å². The molecule has 3 N–H and O–H groups in total. The number of ether oxygens (including phenoxy) is 3. The Labute approximate surface area is 227 Å². The number of alkyl halides is 3. The van der Waals surface area contributed by atoms with Crippen molar-refractivity contribution in [3.63, 3.8) is 0 Å². The summed E-state index contributed by atoms with van der Waals surface area (Å²) in [5, 5.41) is 8.56. The molecule has 210 valence electrons. The first kappa shape index (κ1) is 29.5. The van der Waals surface area contributed by atoms with E-state index >= 15 is 0 Å². The van der Waals surface area contributed by atoms with E-state index in [0.29, 0.717) is 11.3 Å². The molecular formula is C27H25F3N4O6. The second kappa shape index (κ2) is 13.6. The predicted octanol–water partition coefficient (Wildman–Crippen LogP) is 3.51. The molecule has 0 saturated carbocycles. The normalized spacial score (nSPS) is 11.0. The van der Waals surface area contributed by atoms with Gasteiger partial charge < -0.3 is 24.8 Å². The van der Waals surface area contributed by atoms with E-state index in [1.54, 1.807) is 30.3 Å². The minimum absolute atomic E-state index is 0.0292. The zero-order chi connectivity index (χ0) is 29.1. The highest BCUT2D eigenvalue weighted by atomic mass is 19.4. The summed E-state index contributed by atoms with van der Waals surface area (Å²) in [5.41, 5.74) is 2.44. The van der Waals surface area contributed by atoms with Gasteiger partial charge in [0.15, 0.2) is 18.1 Å². The van der Waals surface area contributed by atoms with Gasteiger partial charge in [0, 0.05) is 12.2 Å². The van der Waals surface area contributed by atoms with E-state index in [1.165, 1.54) is 44.7 Å². The van der Waals surface area contributed by atoms with Crippen molar-refractivity contribution < 1.29 is 41.8 Å². The van der Waals surface area contributed by atoms with E-state index in [9.17, 15) is 27.6 Å². The number of benzene rings is 3. The summed E-state index contributed by atoms with van der Waals surface area (Å²) in [7, 11) is 2.90. The van der Waals surface area contributed by atoms with E-state index < -0.39 is 36.1 Å². The van der Waals surface area contributed by atoms with E-state index in [1.807, 2.05) is 0 Å². The van der Waals surface area contributed by atoms with Crippen molar-refractivity contribution in [3.05, 3.63) is 83.4 Å². The van der Waals surface area contributed by atoms with Crippen LogP contribution in [0.15, 0.2) is 71.8 Å². The zero-order valence-corrected chi connectivity index (χ0v) is 21.4. The molecule has 40 heavy (non-hydrogen) atoms. The van der Waals surface area contributed by atoms with Crippen LogP contribution in [0.1, 0.15) is 16.7 Å². The molecule has 3 rings (SSSR count). The standard InChI is InChI=1S/C27H25F3N4O6/c1-38-21-9-6-17(7-10-21)14-31-25(36)26(37)34-32-15-18-8-11-22(23(12-18)39-2)40-16-24(35)33-20-5-3-4-19(13-20)27(28,29)30/h3-13,15H,14,16H2,1-2H3,(H,31,36)(H,33,35)(H,34,37)/b32-15-. The van der Waals surface area contributed by atoms with Gasteiger partial charge in [0.05, 0.1) is 26.0 Å². The van der Waals surface area contributed by atoms with E-state index in [4.69, 9.17) is 14.2 Å². The number of halogens is 3. The Bertz CT molecular complexity index is 1380. The maximum Gasteiger partial charge on any atom is 0.416 e. The fraction of sp³-hybridized carbons (Fsp3) is 0.185. The van der Waals surface area contributed by atoms with Gasteiger partial charge in [-0.25, -0.2) is 5.43 Å². The summed E-state index contributed by atoms with van der Waals surface area (Å²) < 4.78 is 54.3. The van der Waals surface area contributed by atoms with Crippen LogP contribution >= 0.6 is 0 Å². The molecule has 0 aromatic heterocycles. The molecule has 0 bridgehead atoms. The second-order valence-electron chi connectivity index (χ2n) is 8.06. The highest BCUT2D eigenvalue weighted by Gasteiger charge is 2.30. The van der Waals surface area contributed by atoms with Crippen molar-refractivity contribution >= 4 is 29.6 Å². The molecule has 0 aliphatic rings. The molecular weight excluding hydrogens is 533 g/mol. The molecule has 3 aromatic rings. The third-order valence-corrected chi connectivity index (χ3v) is 5.22. The van der Waals surface area contributed by atoms with Crippen LogP contribution < -0.4 is 30.3 Å². The molecule has 0 radical (unpaired) electrons. The largest absolute Gasteiger partial charge is 0.497 e. The Morgan fingerprint density at radius 1 is 0.900 bits per heavy atom. The Morgan fingerprint density at radius 3 is 2.33 bits per heavy atom. The summed E-state index contributed by atoms with van der Waals surface area (Å²) in [6, 6.07) is 15.7. The lowest BCUT2D eigenvalue weighted by molar-refractivity contribution is -0.139. The number of anilines is 1. The first-order chi connectivity index (χ1) is 19.1. The molecule has 0 atom stereocenters. The molecule has 10 nitrogen and oxygen atoms in total. The average Bonchev–Trinajstić information content (AvgIpc) is 2.94. The number of hydrogen-bond acceptors (Lipinski definition) is 7. The Balaban J connectivity index is 1.49. The van der Waals surface area contributed by atoms with Crippen molar-refractivity contribution in [3.8, 4) is 17.2 Å². The Hall–Kier alpha value is -5.07. The highest BCUT2D eigenvalue weighted by Crippen LogP contribution is 2.31. The second-order valence-corrected chi connectivity index (χ2v) is 8.06. The summed E-state index contributed by atoms with van der Waals surface area (Å²) in [4.78, 5) is 36.1. The number of carbonyl (C=O) groups excluding carboxylic acids is 3. The number of amides is 3. The highest BCUT2D eigenvalue weighted by molar-refractivity contribution is 6.35. The molecule has 0 fully saturated rings. The SMILES string of the molecule is COc1ccc(CNC(=O)C(=O)N/N=C\c2ccc(OCC(=O)Nc3cccc(C(F)(F)F)c3)c(OC)c2)cc1. The topological polar surface area (TPSA) is 127 Å². The van der Waals surface area contributed by atoms with E-state index in [0.717, 1.165) is 17.7 Å². The molecule has 3 amide bonds. The summed E-state index contributed by atoms with van der Waals surface area (Å²) in [6.07, 6.45) is -3.27. The quantitative estimate of drug-likeness (QED) is 0.199. The number of carbonyl (C=O) groups is 3. The van der Waals surface area contributed by atoms with E-state index in [-0.39, 0.29) is 23.7 Å². The summed E-state index contributed by atoms with van der Waals surface area (Å²) in [6.45, 7) is -0.363. The fourth-order valence-corrected chi connectivity index (χ4v) is 3.22. The molecule has 3 aromatic carbocycles. The van der Waals surface area contributed by atoms with Crippen LogP contribution in [0.4, 0.5) is 18.9 Å². The minimum atomic E-state index is -4.54. The lowest BCUT2D eigenvalue weighted by Crippen LogP contribution is -2.37. The number of hydrazone groups is 1. The fourth-order valence-electron chi connectivity index (χ4n) is 3.22. The summed E-state index contributed by atoms with van der Waals surface area (Å²) >= 11 is 0. The number of methoxy groups -OCH3 is 2. The molecule has 0 spiro atoms. The van der Waals surface area contributed by atoms with Gasteiger partial charge in [0.25, 0.3) is 5.91 Å². The number of nitrogens with zero attached hydrogens (tertiary/aromatic N) is 1. The first-order valence-electron chi connectivity index (χ1n) is 11.6.